The second-order valence-corrected chi connectivity index (χ2v) is 5.80. The molecule has 4 heteroatoms. The number of rotatable bonds is 0. The molecule has 78 valence electrons. The molecule has 0 saturated carbocycles. The van der Waals surface area contributed by atoms with Gasteiger partial charge in [0.05, 0.1) is 5.41 Å². The quantitative estimate of drug-likeness (QED) is 0.680. The van der Waals surface area contributed by atoms with Crippen molar-refractivity contribution in [2.24, 2.45) is 5.41 Å². The first-order chi connectivity index (χ1) is 6.85. The number of carbonyl (C=O) groups is 2. The topological polar surface area (TPSA) is 34.1 Å². The minimum Gasteiger partial charge on any atom is -0.293 e. The first kappa shape index (κ1) is 11.0. The van der Waals surface area contributed by atoms with Crippen molar-refractivity contribution >= 4 is 43.4 Å². The number of ketones is 2. The van der Waals surface area contributed by atoms with Gasteiger partial charge in [0.1, 0.15) is 0 Å². The summed E-state index contributed by atoms with van der Waals surface area (Å²) in [5, 5.41) is 0. The van der Waals surface area contributed by atoms with Gasteiger partial charge in [-0.25, -0.2) is 0 Å². The number of hydrogen-bond acceptors (Lipinski definition) is 2. The maximum Gasteiger partial charge on any atom is 0.176 e. The highest BCUT2D eigenvalue weighted by atomic mass is 79.9. The lowest BCUT2D eigenvalue weighted by Crippen LogP contribution is -2.25. The molecule has 0 spiro atoms. The molecule has 1 aromatic carbocycles. The summed E-state index contributed by atoms with van der Waals surface area (Å²) in [6, 6.07) is 3.41. The molecule has 1 aliphatic rings. The van der Waals surface area contributed by atoms with Gasteiger partial charge in [-0.3, -0.25) is 9.59 Å². The normalized spacial score (nSPS) is 18.1. The zero-order valence-corrected chi connectivity index (χ0v) is 11.4. The van der Waals surface area contributed by atoms with Gasteiger partial charge in [-0.15, -0.1) is 0 Å². The number of carbonyl (C=O) groups excluding carboxylic acids is 2. The van der Waals surface area contributed by atoms with E-state index in [-0.39, 0.29) is 11.6 Å². The molecule has 0 unspecified atom stereocenters. The van der Waals surface area contributed by atoms with Gasteiger partial charge in [-0.1, -0.05) is 0 Å². The Balaban J connectivity index is 2.74. The van der Waals surface area contributed by atoms with E-state index in [4.69, 9.17) is 0 Å². The van der Waals surface area contributed by atoms with E-state index in [0.717, 1.165) is 8.95 Å². The largest absolute Gasteiger partial charge is 0.293 e. The first-order valence-electron chi connectivity index (χ1n) is 4.44. The van der Waals surface area contributed by atoms with Crippen LogP contribution in [0.5, 0.6) is 0 Å². The molecule has 0 amide bonds. The molecule has 0 fully saturated rings. The number of halogens is 2. The second kappa shape index (κ2) is 3.25. The standard InChI is InChI=1S/C11H8Br2O2/c1-11(2)9(14)5-3-7(12)8(13)4-6(5)10(11)15/h3-4H,1-2H3. The molecule has 2 rings (SSSR count). The van der Waals surface area contributed by atoms with Crippen LogP contribution in [-0.2, 0) is 0 Å². The zero-order valence-electron chi connectivity index (χ0n) is 8.23. The minimum atomic E-state index is -0.914. The third-order valence-corrected chi connectivity index (χ3v) is 4.53. The molecule has 1 aliphatic carbocycles. The van der Waals surface area contributed by atoms with Crippen LogP contribution < -0.4 is 0 Å². The van der Waals surface area contributed by atoms with Gasteiger partial charge in [0.2, 0.25) is 0 Å². The minimum absolute atomic E-state index is 0.101. The Kier molecular flexibility index (Phi) is 2.39. The van der Waals surface area contributed by atoms with Crippen LogP contribution in [0.3, 0.4) is 0 Å². The van der Waals surface area contributed by atoms with E-state index < -0.39 is 5.41 Å². The molecule has 0 bridgehead atoms. The molecule has 1 aromatic rings. The first-order valence-corrected chi connectivity index (χ1v) is 6.03. The monoisotopic (exact) mass is 330 g/mol. The van der Waals surface area contributed by atoms with E-state index >= 15 is 0 Å². The van der Waals surface area contributed by atoms with Crippen molar-refractivity contribution in [3.05, 3.63) is 32.2 Å². The van der Waals surface area contributed by atoms with Crippen LogP contribution >= 0.6 is 31.9 Å². The number of benzene rings is 1. The van der Waals surface area contributed by atoms with Gasteiger partial charge in [0.25, 0.3) is 0 Å². The van der Waals surface area contributed by atoms with Crippen LogP contribution in [0.15, 0.2) is 21.1 Å². The van der Waals surface area contributed by atoms with Crippen molar-refractivity contribution in [2.45, 2.75) is 13.8 Å². The van der Waals surface area contributed by atoms with Gasteiger partial charge >= 0.3 is 0 Å². The summed E-state index contributed by atoms with van der Waals surface area (Å²) in [6.07, 6.45) is 0. The van der Waals surface area contributed by atoms with Gasteiger partial charge in [-0.05, 0) is 57.8 Å². The maximum atomic E-state index is 11.9. The molecule has 15 heavy (non-hydrogen) atoms. The van der Waals surface area contributed by atoms with Crippen molar-refractivity contribution in [3.63, 3.8) is 0 Å². The van der Waals surface area contributed by atoms with Crippen LogP contribution in [-0.4, -0.2) is 11.6 Å². The average molecular weight is 332 g/mol. The highest BCUT2D eigenvalue weighted by molar-refractivity contribution is 9.13. The number of Topliss-reactive ketones (excluding diaryl/α,β-unsaturated/α-hetero) is 2. The predicted molar refractivity (Wildman–Crippen MR) is 64.3 cm³/mol. The van der Waals surface area contributed by atoms with Gasteiger partial charge in [-0.2, -0.15) is 0 Å². The Morgan fingerprint density at radius 3 is 1.60 bits per heavy atom. The summed E-state index contributed by atoms with van der Waals surface area (Å²) in [6.45, 7) is 3.33. The molecule has 0 N–H and O–H groups in total. The van der Waals surface area contributed by atoms with Crippen molar-refractivity contribution in [2.75, 3.05) is 0 Å². The van der Waals surface area contributed by atoms with Gasteiger partial charge in [0, 0.05) is 20.1 Å². The summed E-state index contributed by atoms with van der Waals surface area (Å²) >= 11 is 6.65. The van der Waals surface area contributed by atoms with E-state index in [1.807, 2.05) is 0 Å². The summed E-state index contributed by atoms with van der Waals surface area (Å²) in [5.41, 5.74) is 0.114. The molecule has 0 aromatic heterocycles. The van der Waals surface area contributed by atoms with E-state index in [0.29, 0.717) is 11.1 Å². The number of fused-ring (bicyclic) bond motifs is 1. The van der Waals surface area contributed by atoms with Crippen molar-refractivity contribution < 1.29 is 9.59 Å². The second-order valence-electron chi connectivity index (χ2n) is 4.10. The fourth-order valence-corrected chi connectivity index (χ4v) is 2.39. The summed E-state index contributed by atoms with van der Waals surface area (Å²) in [7, 11) is 0. The van der Waals surface area contributed by atoms with Crippen LogP contribution in [0.2, 0.25) is 0 Å². The molecule has 0 saturated heterocycles. The van der Waals surface area contributed by atoms with E-state index in [1.165, 1.54) is 0 Å². The lowest BCUT2D eigenvalue weighted by Gasteiger charge is -2.11. The fourth-order valence-electron chi connectivity index (χ4n) is 1.70. The average Bonchev–Trinajstić information content (AvgIpc) is 2.32. The molecule has 0 aliphatic heterocycles. The van der Waals surface area contributed by atoms with E-state index in [1.54, 1.807) is 26.0 Å². The Morgan fingerprint density at radius 1 is 0.933 bits per heavy atom. The molecular weight excluding hydrogens is 324 g/mol. The van der Waals surface area contributed by atoms with Gasteiger partial charge < -0.3 is 0 Å². The Bertz CT molecular complexity index is 447. The zero-order chi connectivity index (χ0) is 11.4. The Morgan fingerprint density at radius 2 is 1.27 bits per heavy atom. The lowest BCUT2D eigenvalue weighted by molar-refractivity contribution is 0.0746. The van der Waals surface area contributed by atoms with Crippen LogP contribution in [0, 0.1) is 5.41 Å². The lowest BCUT2D eigenvalue weighted by atomic mass is 9.88. The highest BCUT2D eigenvalue weighted by Crippen LogP contribution is 2.39. The van der Waals surface area contributed by atoms with E-state index in [2.05, 4.69) is 31.9 Å². The smallest absolute Gasteiger partial charge is 0.176 e. The molecule has 0 atom stereocenters. The van der Waals surface area contributed by atoms with Crippen LogP contribution in [0.4, 0.5) is 0 Å². The highest BCUT2D eigenvalue weighted by Gasteiger charge is 2.45. The van der Waals surface area contributed by atoms with Crippen molar-refractivity contribution in [1.82, 2.24) is 0 Å². The fraction of sp³-hybridized carbons (Fsp3) is 0.273. The maximum absolute atomic E-state index is 11.9. The SMILES string of the molecule is CC1(C)C(=O)c2cc(Br)c(Br)cc2C1=O. The van der Waals surface area contributed by atoms with Crippen molar-refractivity contribution in [3.8, 4) is 0 Å². The molecular formula is C11H8Br2O2. The molecule has 0 heterocycles. The Labute approximate surface area is 104 Å². The van der Waals surface area contributed by atoms with Crippen LogP contribution in [0.1, 0.15) is 34.6 Å². The third kappa shape index (κ3) is 1.42. The van der Waals surface area contributed by atoms with Gasteiger partial charge in [0.15, 0.2) is 11.6 Å². The van der Waals surface area contributed by atoms with Crippen molar-refractivity contribution in [1.29, 1.82) is 0 Å². The summed E-state index contributed by atoms with van der Waals surface area (Å²) in [5.74, 6) is -0.202. The predicted octanol–water partition coefficient (Wildman–Crippen LogP) is 3.62. The molecule has 2 nitrogen and oxygen atoms in total. The summed E-state index contributed by atoms with van der Waals surface area (Å²) < 4.78 is 1.58. The molecule has 0 radical (unpaired) electrons. The third-order valence-electron chi connectivity index (χ3n) is 2.69. The number of hydrogen-bond donors (Lipinski definition) is 0. The van der Waals surface area contributed by atoms with Crippen LogP contribution in [0.25, 0.3) is 0 Å². The Hall–Kier alpha value is -0.480. The summed E-state index contributed by atoms with van der Waals surface area (Å²) in [4.78, 5) is 23.9. The van der Waals surface area contributed by atoms with E-state index in [9.17, 15) is 9.59 Å².